The van der Waals surface area contributed by atoms with Crippen molar-refractivity contribution >= 4 is 0 Å². The number of ether oxygens (including phenoxy) is 2. The van der Waals surface area contributed by atoms with Crippen LogP contribution in [0.1, 0.15) is 32.3 Å². The third-order valence-corrected chi connectivity index (χ3v) is 2.54. The summed E-state index contributed by atoms with van der Waals surface area (Å²) >= 11 is 0. The van der Waals surface area contributed by atoms with E-state index < -0.39 is 0 Å². The van der Waals surface area contributed by atoms with Crippen molar-refractivity contribution in [3.8, 4) is 11.5 Å². The third-order valence-electron chi connectivity index (χ3n) is 2.54. The molecule has 2 N–H and O–H groups in total. The lowest BCUT2D eigenvalue weighted by Gasteiger charge is -2.13. The Morgan fingerprint density at radius 3 is 2.65 bits per heavy atom. The molecule has 1 rings (SSSR count). The van der Waals surface area contributed by atoms with Crippen LogP contribution in [0.15, 0.2) is 18.2 Å². The van der Waals surface area contributed by atoms with Gasteiger partial charge in [0.2, 0.25) is 0 Å². The first-order valence-corrected chi connectivity index (χ1v) is 6.22. The minimum atomic E-state index is 0.159. The summed E-state index contributed by atoms with van der Waals surface area (Å²) in [5.74, 6) is 1.61. The van der Waals surface area contributed by atoms with E-state index in [-0.39, 0.29) is 6.04 Å². The van der Waals surface area contributed by atoms with Gasteiger partial charge in [-0.3, -0.25) is 0 Å². The average molecular weight is 237 g/mol. The predicted molar refractivity (Wildman–Crippen MR) is 70.8 cm³/mol. The van der Waals surface area contributed by atoms with Crippen LogP contribution in [-0.4, -0.2) is 19.8 Å². The molecule has 0 fully saturated rings. The maximum absolute atomic E-state index is 5.79. The summed E-state index contributed by atoms with van der Waals surface area (Å²) in [7, 11) is 1.66. The normalized spacial score (nSPS) is 12.2. The second-order valence-corrected chi connectivity index (χ2v) is 4.37. The molecule has 3 heteroatoms. The van der Waals surface area contributed by atoms with Gasteiger partial charge in [0, 0.05) is 6.04 Å². The molecule has 1 aromatic carbocycles. The lowest BCUT2D eigenvalue weighted by atomic mass is 10.1. The molecular formula is C14H23NO2. The van der Waals surface area contributed by atoms with Gasteiger partial charge in [-0.15, -0.1) is 0 Å². The number of rotatable bonds is 7. The molecule has 0 aliphatic carbocycles. The number of unbranched alkanes of at least 4 members (excludes halogenated alkanes) is 1. The Morgan fingerprint density at radius 2 is 2.06 bits per heavy atom. The topological polar surface area (TPSA) is 44.5 Å². The first-order valence-electron chi connectivity index (χ1n) is 6.22. The van der Waals surface area contributed by atoms with E-state index in [1.54, 1.807) is 7.11 Å². The molecule has 1 atom stereocenters. The molecule has 0 bridgehead atoms. The van der Waals surface area contributed by atoms with E-state index in [1.807, 2.05) is 25.1 Å². The van der Waals surface area contributed by atoms with Gasteiger partial charge in [0.1, 0.15) is 0 Å². The van der Waals surface area contributed by atoms with Crippen molar-refractivity contribution in [1.29, 1.82) is 0 Å². The maximum atomic E-state index is 5.79. The number of nitrogens with two attached hydrogens (primary N) is 1. The molecule has 0 aliphatic heterocycles. The Labute approximate surface area is 104 Å². The van der Waals surface area contributed by atoms with Gasteiger partial charge in [-0.05, 0) is 37.5 Å². The van der Waals surface area contributed by atoms with Gasteiger partial charge in [-0.2, -0.15) is 0 Å². The van der Waals surface area contributed by atoms with Crippen LogP contribution in [0.3, 0.4) is 0 Å². The Kier molecular flexibility index (Phi) is 5.84. The summed E-state index contributed by atoms with van der Waals surface area (Å²) in [6.45, 7) is 4.88. The largest absolute Gasteiger partial charge is 0.493 e. The average Bonchev–Trinajstić information content (AvgIpc) is 2.29. The highest BCUT2D eigenvalue weighted by Crippen LogP contribution is 2.28. The summed E-state index contributed by atoms with van der Waals surface area (Å²) in [5.41, 5.74) is 6.98. The van der Waals surface area contributed by atoms with Crippen molar-refractivity contribution < 1.29 is 9.47 Å². The molecule has 1 aromatic rings. The lowest BCUT2D eigenvalue weighted by molar-refractivity contribution is 0.288. The van der Waals surface area contributed by atoms with E-state index in [4.69, 9.17) is 15.2 Å². The Balaban J connectivity index is 2.75. The van der Waals surface area contributed by atoms with Crippen LogP contribution in [0.4, 0.5) is 0 Å². The molecule has 0 saturated carbocycles. The van der Waals surface area contributed by atoms with Gasteiger partial charge in [-0.1, -0.05) is 19.4 Å². The molecule has 0 amide bonds. The number of hydrogen-bond donors (Lipinski definition) is 1. The zero-order chi connectivity index (χ0) is 12.7. The van der Waals surface area contributed by atoms with Crippen molar-refractivity contribution in [2.24, 2.45) is 5.73 Å². The minimum Gasteiger partial charge on any atom is -0.493 e. The number of benzene rings is 1. The third kappa shape index (κ3) is 4.65. The second-order valence-electron chi connectivity index (χ2n) is 4.37. The highest BCUT2D eigenvalue weighted by atomic mass is 16.5. The zero-order valence-corrected chi connectivity index (χ0v) is 11.0. The van der Waals surface area contributed by atoms with Crippen LogP contribution in [-0.2, 0) is 6.42 Å². The molecule has 0 saturated heterocycles. The van der Waals surface area contributed by atoms with Crippen LogP contribution in [0.2, 0.25) is 0 Å². The summed E-state index contributed by atoms with van der Waals surface area (Å²) in [5, 5.41) is 0. The quantitative estimate of drug-likeness (QED) is 0.742. The smallest absolute Gasteiger partial charge is 0.161 e. The summed E-state index contributed by atoms with van der Waals surface area (Å²) in [6, 6.07) is 6.16. The van der Waals surface area contributed by atoms with Gasteiger partial charge < -0.3 is 15.2 Å². The van der Waals surface area contributed by atoms with Gasteiger partial charge in [-0.25, -0.2) is 0 Å². The van der Waals surface area contributed by atoms with E-state index in [0.717, 1.165) is 37.4 Å². The van der Waals surface area contributed by atoms with Crippen LogP contribution < -0.4 is 15.2 Å². The Morgan fingerprint density at radius 1 is 1.29 bits per heavy atom. The molecule has 1 unspecified atom stereocenters. The fourth-order valence-corrected chi connectivity index (χ4v) is 1.66. The minimum absolute atomic E-state index is 0.159. The molecular weight excluding hydrogens is 214 g/mol. The molecule has 3 nitrogen and oxygen atoms in total. The second kappa shape index (κ2) is 7.17. The van der Waals surface area contributed by atoms with E-state index in [0.29, 0.717) is 0 Å². The van der Waals surface area contributed by atoms with Crippen molar-refractivity contribution in [3.05, 3.63) is 23.8 Å². The van der Waals surface area contributed by atoms with Crippen LogP contribution in [0, 0.1) is 0 Å². The monoisotopic (exact) mass is 237 g/mol. The molecule has 0 spiro atoms. The van der Waals surface area contributed by atoms with Crippen LogP contribution in [0.5, 0.6) is 11.5 Å². The van der Waals surface area contributed by atoms with E-state index >= 15 is 0 Å². The van der Waals surface area contributed by atoms with E-state index in [2.05, 4.69) is 6.92 Å². The summed E-state index contributed by atoms with van der Waals surface area (Å²) in [6.07, 6.45) is 3.04. The first-order chi connectivity index (χ1) is 8.17. The van der Waals surface area contributed by atoms with Crippen molar-refractivity contribution in [1.82, 2.24) is 0 Å². The van der Waals surface area contributed by atoms with Gasteiger partial charge >= 0.3 is 0 Å². The highest BCUT2D eigenvalue weighted by molar-refractivity contribution is 5.43. The number of hydrogen-bond acceptors (Lipinski definition) is 3. The van der Waals surface area contributed by atoms with E-state index in [9.17, 15) is 0 Å². The standard InChI is InChI=1S/C14H23NO2/c1-4-5-8-17-14-10-12(9-11(2)15)6-7-13(14)16-3/h6-7,10-11H,4-5,8-9,15H2,1-3H3. The number of methoxy groups -OCH3 is 1. The van der Waals surface area contributed by atoms with Crippen molar-refractivity contribution in [2.45, 2.75) is 39.2 Å². The lowest BCUT2D eigenvalue weighted by Crippen LogP contribution is -2.17. The molecule has 0 heterocycles. The summed E-state index contributed by atoms with van der Waals surface area (Å²) < 4.78 is 11.0. The molecule has 0 radical (unpaired) electrons. The molecule has 0 aromatic heterocycles. The first kappa shape index (κ1) is 13.8. The fourth-order valence-electron chi connectivity index (χ4n) is 1.66. The molecule has 0 aliphatic rings. The fraction of sp³-hybridized carbons (Fsp3) is 0.571. The Hall–Kier alpha value is -1.22. The van der Waals surface area contributed by atoms with Gasteiger partial charge in [0.25, 0.3) is 0 Å². The molecule has 17 heavy (non-hydrogen) atoms. The van der Waals surface area contributed by atoms with Crippen LogP contribution >= 0.6 is 0 Å². The van der Waals surface area contributed by atoms with Crippen molar-refractivity contribution in [2.75, 3.05) is 13.7 Å². The summed E-state index contributed by atoms with van der Waals surface area (Å²) in [4.78, 5) is 0. The maximum Gasteiger partial charge on any atom is 0.161 e. The highest BCUT2D eigenvalue weighted by Gasteiger charge is 2.06. The predicted octanol–water partition coefficient (Wildman–Crippen LogP) is 2.76. The van der Waals surface area contributed by atoms with E-state index in [1.165, 1.54) is 5.56 Å². The van der Waals surface area contributed by atoms with Crippen LogP contribution in [0.25, 0.3) is 0 Å². The SMILES string of the molecule is CCCCOc1cc(CC(C)N)ccc1OC. The van der Waals surface area contributed by atoms with Crippen molar-refractivity contribution in [3.63, 3.8) is 0 Å². The Bertz CT molecular complexity index is 337. The van der Waals surface area contributed by atoms with Gasteiger partial charge in [0.15, 0.2) is 11.5 Å². The molecule has 96 valence electrons. The van der Waals surface area contributed by atoms with Gasteiger partial charge in [0.05, 0.1) is 13.7 Å². The zero-order valence-electron chi connectivity index (χ0n) is 11.0.